The maximum absolute atomic E-state index is 12.4. The van der Waals surface area contributed by atoms with Crippen LogP contribution >= 0.6 is 0 Å². The number of rotatable bonds is 6. The van der Waals surface area contributed by atoms with Gasteiger partial charge in [-0.25, -0.2) is 9.97 Å². The first-order chi connectivity index (χ1) is 13.8. The molecule has 0 aliphatic carbocycles. The van der Waals surface area contributed by atoms with E-state index in [0.717, 1.165) is 23.9 Å². The summed E-state index contributed by atoms with van der Waals surface area (Å²) in [5.74, 6) is -0.149. The van der Waals surface area contributed by atoms with Crippen molar-refractivity contribution in [2.75, 3.05) is 31.2 Å². The number of non-ortho nitro benzene ring substituents is 2. The smallest absolute Gasteiger partial charge is 0.277 e. The fraction of sp³-hybridized carbons (Fsp3) is 0.353. The predicted molar refractivity (Wildman–Crippen MR) is 101 cm³/mol. The fourth-order valence-corrected chi connectivity index (χ4v) is 2.82. The van der Waals surface area contributed by atoms with Crippen LogP contribution in [0.3, 0.4) is 0 Å². The van der Waals surface area contributed by atoms with Crippen molar-refractivity contribution >= 4 is 23.2 Å². The number of morpholine rings is 1. The van der Waals surface area contributed by atoms with Crippen LogP contribution in [-0.4, -0.2) is 52.0 Å². The Balaban J connectivity index is 1.76. The number of anilines is 1. The number of nitrogens with one attached hydrogen (secondary N) is 1. The molecular weight excluding hydrogens is 384 g/mol. The number of nitrogens with zero attached hydrogens (tertiary/aromatic N) is 5. The third-order valence-corrected chi connectivity index (χ3v) is 4.21. The van der Waals surface area contributed by atoms with Gasteiger partial charge in [0.1, 0.15) is 0 Å². The topological polar surface area (TPSA) is 154 Å². The summed E-state index contributed by atoms with van der Waals surface area (Å²) < 4.78 is 5.31. The highest BCUT2D eigenvalue weighted by molar-refractivity contribution is 5.95. The number of carbonyl (C=O) groups excluding carboxylic acids is 1. The third kappa shape index (κ3) is 4.99. The van der Waals surface area contributed by atoms with Crippen molar-refractivity contribution in [2.45, 2.75) is 13.5 Å². The molecule has 1 fully saturated rings. The summed E-state index contributed by atoms with van der Waals surface area (Å²) in [5.41, 5.74) is 0.0303. The molecular formula is C17H18N6O6. The molecule has 0 spiro atoms. The van der Waals surface area contributed by atoms with Crippen LogP contribution < -0.4 is 10.2 Å². The minimum absolute atomic E-state index is 0.0377. The van der Waals surface area contributed by atoms with Gasteiger partial charge in [-0.2, -0.15) is 0 Å². The number of amides is 1. The van der Waals surface area contributed by atoms with E-state index in [-0.39, 0.29) is 12.1 Å². The molecule has 0 unspecified atom stereocenters. The summed E-state index contributed by atoms with van der Waals surface area (Å²) in [5, 5.41) is 24.5. The summed E-state index contributed by atoms with van der Waals surface area (Å²) in [7, 11) is 0. The Labute approximate surface area is 164 Å². The zero-order chi connectivity index (χ0) is 21.0. The van der Waals surface area contributed by atoms with Crippen LogP contribution in [0.15, 0.2) is 24.3 Å². The SMILES string of the molecule is Cc1cc(CNC(=O)c2cc([N+](=O)[O-])cc([N+](=O)[O-])c2)nc(N2CCOCC2)n1. The minimum atomic E-state index is -0.786. The quantitative estimate of drug-likeness (QED) is 0.557. The lowest BCUT2D eigenvalue weighted by Gasteiger charge is -2.27. The van der Waals surface area contributed by atoms with Gasteiger partial charge in [-0.3, -0.25) is 25.0 Å². The van der Waals surface area contributed by atoms with E-state index in [0.29, 0.717) is 37.9 Å². The van der Waals surface area contributed by atoms with Crippen molar-refractivity contribution in [1.29, 1.82) is 0 Å². The van der Waals surface area contributed by atoms with Crippen molar-refractivity contribution in [3.05, 3.63) is 61.4 Å². The summed E-state index contributed by atoms with van der Waals surface area (Å²) in [4.78, 5) is 43.6. The van der Waals surface area contributed by atoms with E-state index in [1.54, 1.807) is 13.0 Å². The van der Waals surface area contributed by atoms with E-state index in [1.165, 1.54) is 0 Å². The predicted octanol–water partition coefficient (Wildman–Crippen LogP) is 1.37. The molecule has 2 heterocycles. The van der Waals surface area contributed by atoms with Crippen LogP contribution in [0.25, 0.3) is 0 Å². The molecule has 1 aliphatic heterocycles. The Morgan fingerprint density at radius 3 is 2.31 bits per heavy atom. The van der Waals surface area contributed by atoms with E-state index in [2.05, 4.69) is 15.3 Å². The molecule has 29 heavy (non-hydrogen) atoms. The average Bonchev–Trinajstić information content (AvgIpc) is 2.71. The number of nitro groups is 2. The van der Waals surface area contributed by atoms with E-state index in [1.807, 2.05) is 4.90 Å². The Bertz CT molecular complexity index is 927. The Hall–Kier alpha value is -3.67. The molecule has 0 bridgehead atoms. The number of hydrogen-bond donors (Lipinski definition) is 1. The normalized spacial score (nSPS) is 13.8. The van der Waals surface area contributed by atoms with Crippen LogP contribution in [0.2, 0.25) is 0 Å². The van der Waals surface area contributed by atoms with Gasteiger partial charge in [-0.1, -0.05) is 0 Å². The van der Waals surface area contributed by atoms with Crippen LogP contribution in [0.1, 0.15) is 21.7 Å². The molecule has 1 amide bonds. The van der Waals surface area contributed by atoms with Gasteiger partial charge in [0.25, 0.3) is 17.3 Å². The number of aryl methyl sites for hydroxylation is 1. The van der Waals surface area contributed by atoms with Crippen molar-refractivity contribution in [3.8, 4) is 0 Å². The highest BCUT2D eigenvalue weighted by Gasteiger charge is 2.20. The molecule has 0 radical (unpaired) electrons. The van der Waals surface area contributed by atoms with Crippen molar-refractivity contribution in [1.82, 2.24) is 15.3 Å². The Kier molecular flexibility index (Phi) is 5.93. The molecule has 12 heteroatoms. The third-order valence-electron chi connectivity index (χ3n) is 4.21. The van der Waals surface area contributed by atoms with Crippen LogP contribution in [0.5, 0.6) is 0 Å². The van der Waals surface area contributed by atoms with Gasteiger partial charge in [0.15, 0.2) is 0 Å². The summed E-state index contributed by atoms with van der Waals surface area (Å²) in [6.07, 6.45) is 0. The highest BCUT2D eigenvalue weighted by Crippen LogP contribution is 2.22. The van der Waals surface area contributed by atoms with Gasteiger partial charge in [0.2, 0.25) is 5.95 Å². The van der Waals surface area contributed by atoms with Crippen LogP contribution in [-0.2, 0) is 11.3 Å². The zero-order valence-electron chi connectivity index (χ0n) is 15.5. The van der Waals surface area contributed by atoms with Gasteiger partial charge in [0, 0.05) is 30.9 Å². The second kappa shape index (κ2) is 8.56. The zero-order valence-corrected chi connectivity index (χ0v) is 15.5. The standard InChI is InChI=1S/C17H18N6O6/c1-11-6-13(20-17(19-11)21-2-4-29-5-3-21)10-18-16(24)12-7-14(22(25)26)9-15(8-12)23(27)28/h6-9H,2-5,10H2,1H3,(H,18,24). The van der Waals surface area contributed by atoms with Gasteiger partial charge in [-0.05, 0) is 13.0 Å². The lowest BCUT2D eigenvalue weighted by molar-refractivity contribution is -0.394. The van der Waals surface area contributed by atoms with E-state index < -0.39 is 27.1 Å². The van der Waals surface area contributed by atoms with Gasteiger partial charge >= 0.3 is 0 Å². The first-order valence-corrected chi connectivity index (χ1v) is 8.73. The average molecular weight is 402 g/mol. The molecule has 2 aromatic rings. The summed E-state index contributed by atoms with van der Waals surface area (Å²) in [6, 6.07) is 4.50. The van der Waals surface area contributed by atoms with Crippen molar-refractivity contribution in [3.63, 3.8) is 0 Å². The molecule has 0 saturated carbocycles. The second-order valence-electron chi connectivity index (χ2n) is 6.34. The van der Waals surface area contributed by atoms with Crippen molar-refractivity contribution < 1.29 is 19.4 Å². The van der Waals surface area contributed by atoms with Gasteiger partial charge in [0.05, 0.1) is 46.9 Å². The molecule has 1 aliphatic rings. The Morgan fingerprint density at radius 2 is 1.72 bits per heavy atom. The number of ether oxygens (including phenoxy) is 1. The van der Waals surface area contributed by atoms with E-state index in [4.69, 9.17) is 4.74 Å². The molecule has 0 atom stereocenters. The summed E-state index contributed by atoms with van der Waals surface area (Å²) >= 11 is 0. The molecule has 1 saturated heterocycles. The second-order valence-corrected chi connectivity index (χ2v) is 6.34. The fourth-order valence-electron chi connectivity index (χ4n) is 2.82. The number of carbonyl (C=O) groups is 1. The maximum Gasteiger partial charge on any atom is 0.277 e. The van der Waals surface area contributed by atoms with Crippen molar-refractivity contribution in [2.24, 2.45) is 0 Å². The number of nitro benzene ring substituents is 2. The molecule has 1 aromatic carbocycles. The molecule has 12 nitrogen and oxygen atoms in total. The molecule has 152 valence electrons. The summed E-state index contributed by atoms with van der Waals surface area (Å²) in [6.45, 7) is 4.32. The molecule has 1 aromatic heterocycles. The van der Waals surface area contributed by atoms with Crippen LogP contribution in [0.4, 0.5) is 17.3 Å². The maximum atomic E-state index is 12.4. The monoisotopic (exact) mass is 402 g/mol. The largest absolute Gasteiger partial charge is 0.378 e. The number of aromatic nitrogens is 2. The minimum Gasteiger partial charge on any atom is -0.378 e. The lowest BCUT2D eigenvalue weighted by Crippen LogP contribution is -2.37. The number of benzene rings is 1. The first kappa shape index (κ1) is 20.1. The van der Waals surface area contributed by atoms with Gasteiger partial charge in [-0.15, -0.1) is 0 Å². The highest BCUT2D eigenvalue weighted by atomic mass is 16.6. The van der Waals surface area contributed by atoms with E-state index >= 15 is 0 Å². The lowest BCUT2D eigenvalue weighted by atomic mass is 10.1. The van der Waals surface area contributed by atoms with Crippen LogP contribution in [0, 0.1) is 27.2 Å². The molecule has 3 rings (SSSR count). The van der Waals surface area contributed by atoms with Gasteiger partial charge < -0.3 is 15.0 Å². The Morgan fingerprint density at radius 1 is 1.10 bits per heavy atom. The van der Waals surface area contributed by atoms with E-state index in [9.17, 15) is 25.0 Å². The first-order valence-electron chi connectivity index (χ1n) is 8.73. The molecule has 1 N–H and O–H groups in total. The number of hydrogen-bond acceptors (Lipinski definition) is 9.